The lowest BCUT2D eigenvalue weighted by atomic mass is 9.94. The molecule has 2 unspecified atom stereocenters. The number of ether oxygens (including phenoxy) is 3. The second-order valence-corrected chi connectivity index (χ2v) is 6.41. The summed E-state index contributed by atoms with van der Waals surface area (Å²) in [6.07, 6.45) is 0. The van der Waals surface area contributed by atoms with Gasteiger partial charge in [0.25, 0.3) is 0 Å². The summed E-state index contributed by atoms with van der Waals surface area (Å²) in [7, 11) is 0. The van der Waals surface area contributed by atoms with E-state index in [0.29, 0.717) is 36.8 Å². The molecule has 1 fully saturated rings. The molecule has 0 saturated carbocycles. The molecule has 140 valence electrons. The molecule has 2 N–H and O–H groups in total. The van der Waals surface area contributed by atoms with Crippen LogP contribution >= 0.6 is 0 Å². The Morgan fingerprint density at radius 1 is 1.04 bits per heavy atom. The van der Waals surface area contributed by atoms with Crippen LogP contribution in [0.25, 0.3) is 0 Å². The molecule has 1 saturated heterocycles. The summed E-state index contributed by atoms with van der Waals surface area (Å²) in [5.41, 5.74) is 7.51. The van der Waals surface area contributed by atoms with E-state index in [9.17, 15) is 9.59 Å². The minimum Gasteiger partial charge on any atom is -0.486 e. The van der Waals surface area contributed by atoms with Gasteiger partial charge in [-0.15, -0.1) is 0 Å². The van der Waals surface area contributed by atoms with E-state index >= 15 is 0 Å². The Kier molecular flexibility index (Phi) is 5.04. The normalized spacial score (nSPS) is 20.9. The van der Waals surface area contributed by atoms with E-state index in [2.05, 4.69) is 10.9 Å². The molecule has 2 heterocycles. The van der Waals surface area contributed by atoms with Gasteiger partial charge in [-0.3, -0.25) is 15.0 Å². The van der Waals surface area contributed by atoms with Crippen LogP contribution in [0.5, 0.6) is 11.5 Å². The number of esters is 1. The first-order valence-electron chi connectivity index (χ1n) is 8.85. The maximum atomic E-state index is 12.5. The van der Waals surface area contributed by atoms with Crippen molar-refractivity contribution in [3.63, 3.8) is 0 Å². The van der Waals surface area contributed by atoms with Gasteiger partial charge in [-0.05, 0) is 17.7 Å². The first-order valence-corrected chi connectivity index (χ1v) is 8.85. The number of rotatable bonds is 5. The molecule has 27 heavy (non-hydrogen) atoms. The number of ketones is 1. The van der Waals surface area contributed by atoms with Gasteiger partial charge < -0.3 is 14.2 Å². The number of hydrogen-bond donors (Lipinski definition) is 2. The molecular formula is C20H20N2O5. The summed E-state index contributed by atoms with van der Waals surface area (Å²) < 4.78 is 16.4. The second-order valence-electron chi connectivity index (χ2n) is 6.41. The van der Waals surface area contributed by atoms with Crippen molar-refractivity contribution < 1.29 is 23.8 Å². The highest BCUT2D eigenvalue weighted by molar-refractivity contribution is 5.98. The molecular weight excluding hydrogens is 348 g/mol. The van der Waals surface area contributed by atoms with Gasteiger partial charge in [0.1, 0.15) is 13.2 Å². The number of hydrazine groups is 1. The molecule has 7 heteroatoms. The number of Topliss-reactive ketones (excluding diaryl/α,β-unsaturated/α-hetero) is 1. The third-order valence-electron chi connectivity index (χ3n) is 4.65. The Morgan fingerprint density at radius 2 is 1.81 bits per heavy atom. The second kappa shape index (κ2) is 7.77. The summed E-state index contributed by atoms with van der Waals surface area (Å²) in [6.45, 7) is 1.17. The predicted octanol–water partition coefficient (Wildman–Crippen LogP) is 1.65. The standard InChI is InChI=1S/C20H20N2O5/c23-16(13-4-2-1-3-5-13)12-27-20(24)15-11-21-22-19(15)14-6-7-17-18(10-14)26-9-8-25-17/h1-7,10,15,19,21-22H,8-9,11-12H2. The van der Waals surface area contributed by atoms with Crippen LogP contribution in [0.3, 0.4) is 0 Å². The topological polar surface area (TPSA) is 85.9 Å². The predicted molar refractivity (Wildman–Crippen MR) is 96.5 cm³/mol. The van der Waals surface area contributed by atoms with Crippen molar-refractivity contribution in [1.29, 1.82) is 0 Å². The zero-order chi connectivity index (χ0) is 18.6. The summed E-state index contributed by atoms with van der Waals surface area (Å²) in [4.78, 5) is 24.7. The number of fused-ring (bicyclic) bond motifs is 1. The molecule has 0 spiro atoms. The fourth-order valence-electron chi connectivity index (χ4n) is 3.24. The zero-order valence-corrected chi connectivity index (χ0v) is 14.6. The third-order valence-corrected chi connectivity index (χ3v) is 4.65. The Hall–Kier alpha value is -2.90. The van der Waals surface area contributed by atoms with E-state index in [1.165, 1.54) is 0 Å². The van der Waals surface area contributed by atoms with Gasteiger partial charge in [0, 0.05) is 12.1 Å². The van der Waals surface area contributed by atoms with Crippen LogP contribution in [0.4, 0.5) is 0 Å². The molecule has 2 aromatic rings. The number of carbonyl (C=O) groups excluding carboxylic acids is 2. The molecule has 0 radical (unpaired) electrons. The van der Waals surface area contributed by atoms with Crippen molar-refractivity contribution in [3.8, 4) is 11.5 Å². The number of carbonyl (C=O) groups is 2. The van der Waals surface area contributed by atoms with Crippen molar-refractivity contribution in [1.82, 2.24) is 10.9 Å². The highest BCUT2D eigenvalue weighted by atomic mass is 16.6. The third kappa shape index (κ3) is 3.79. The van der Waals surface area contributed by atoms with E-state index in [1.807, 2.05) is 24.3 Å². The quantitative estimate of drug-likeness (QED) is 0.613. The average Bonchev–Trinajstić information content (AvgIpc) is 3.22. The van der Waals surface area contributed by atoms with Gasteiger partial charge in [0.2, 0.25) is 0 Å². The van der Waals surface area contributed by atoms with E-state index in [-0.39, 0.29) is 18.4 Å². The highest BCUT2D eigenvalue weighted by Crippen LogP contribution is 2.35. The van der Waals surface area contributed by atoms with Gasteiger partial charge in [-0.25, -0.2) is 5.43 Å². The number of nitrogens with one attached hydrogen (secondary N) is 2. The van der Waals surface area contributed by atoms with Crippen molar-refractivity contribution in [2.24, 2.45) is 5.92 Å². The lowest BCUT2D eigenvalue weighted by molar-refractivity contribution is -0.147. The van der Waals surface area contributed by atoms with Crippen LogP contribution in [0.15, 0.2) is 48.5 Å². The van der Waals surface area contributed by atoms with Crippen molar-refractivity contribution in [2.45, 2.75) is 6.04 Å². The molecule has 7 nitrogen and oxygen atoms in total. The lowest BCUT2D eigenvalue weighted by Gasteiger charge is -2.22. The van der Waals surface area contributed by atoms with Crippen LogP contribution in [0.1, 0.15) is 22.0 Å². The molecule has 4 rings (SSSR count). The Morgan fingerprint density at radius 3 is 2.63 bits per heavy atom. The van der Waals surface area contributed by atoms with Crippen LogP contribution < -0.4 is 20.3 Å². The molecule has 2 aliphatic heterocycles. The minimum absolute atomic E-state index is 0.223. The van der Waals surface area contributed by atoms with Gasteiger partial charge in [0.05, 0.1) is 12.0 Å². The SMILES string of the molecule is O=C(COC(=O)C1CNNC1c1ccc2c(c1)OCCO2)c1ccccc1. The van der Waals surface area contributed by atoms with Gasteiger partial charge in [-0.2, -0.15) is 0 Å². The molecule has 0 amide bonds. The van der Waals surface area contributed by atoms with Crippen LogP contribution in [0.2, 0.25) is 0 Å². The van der Waals surface area contributed by atoms with Crippen LogP contribution in [-0.2, 0) is 9.53 Å². The zero-order valence-electron chi connectivity index (χ0n) is 14.6. The fraction of sp³-hybridized carbons (Fsp3) is 0.300. The van der Waals surface area contributed by atoms with Crippen LogP contribution in [0, 0.1) is 5.92 Å². The lowest BCUT2D eigenvalue weighted by Crippen LogP contribution is -2.28. The average molecular weight is 368 g/mol. The van der Waals surface area contributed by atoms with Crippen molar-refractivity contribution in [2.75, 3.05) is 26.4 Å². The van der Waals surface area contributed by atoms with E-state index in [0.717, 1.165) is 5.56 Å². The van der Waals surface area contributed by atoms with Crippen LogP contribution in [-0.4, -0.2) is 38.1 Å². The largest absolute Gasteiger partial charge is 0.486 e. The Bertz CT molecular complexity index is 840. The smallest absolute Gasteiger partial charge is 0.312 e. The molecule has 2 atom stereocenters. The van der Waals surface area contributed by atoms with E-state index in [1.54, 1.807) is 24.3 Å². The molecule has 0 aromatic heterocycles. The van der Waals surface area contributed by atoms with E-state index < -0.39 is 11.9 Å². The highest BCUT2D eigenvalue weighted by Gasteiger charge is 2.36. The molecule has 0 bridgehead atoms. The summed E-state index contributed by atoms with van der Waals surface area (Å²) in [6, 6.07) is 14.1. The van der Waals surface area contributed by atoms with Gasteiger partial charge >= 0.3 is 5.97 Å². The fourth-order valence-corrected chi connectivity index (χ4v) is 3.24. The summed E-state index contributed by atoms with van der Waals surface area (Å²) in [5, 5.41) is 0. The first-order chi connectivity index (χ1) is 13.2. The van der Waals surface area contributed by atoms with Crippen molar-refractivity contribution >= 4 is 11.8 Å². The van der Waals surface area contributed by atoms with Gasteiger partial charge in [0.15, 0.2) is 23.9 Å². The van der Waals surface area contributed by atoms with Crippen molar-refractivity contribution in [3.05, 3.63) is 59.7 Å². The van der Waals surface area contributed by atoms with Gasteiger partial charge in [-0.1, -0.05) is 36.4 Å². The number of hydrogen-bond acceptors (Lipinski definition) is 7. The molecule has 2 aromatic carbocycles. The first kappa shape index (κ1) is 17.5. The molecule has 2 aliphatic rings. The maximum absolute atomic E-state index is 12.5. The number of benzene rings is 2. The Balaban J connectivity index is 1.42. The maximum Gasteiger partial charge on any atom is 0.312 e. The summed E-state index contributed by atoms with van der Waals surface area (Å²) >= 11 is 0. The minimum atomic E-state index is -0.448. The Labute approximate surface area is 156 Å². The van der Waals surface area contributed by atoms with E-state index in [4.69, 9.17) is 14.2 Å². The monoisotopic (exact) mass is 368 g/mol. The summed E-state index contributed by atoms with van der Waals surface area (Å²) in [5.74, 6) is 0.272. The molecule has 0 aliphatic carbocycles.